The number of anilines is 1. The lowest BCUT2D eigenvalue weighted by Gasteiger charge is -2.12. The van der Waals surface area contributed by atoms with E-state index >= 15 is 0 Å². The van der Waals surface area contributed by atoms with E-state index in [1.54, 1.807) is 0 Å². The Labute approximate surface area is 145 Å². The summed E-state index contributed by atoms with van der Waals surface area (Å²) in [6.07, 6.45) is 1.55. The third kappa shape index (κ3) is 3.41. The van der Waals surface area contributed by atoms with Crippen LogP contribution in [0, 0.1) is 0 Å². The molecule has 5 heteroatoms. The van der Waals surface area contributed by atoms with Gasteiger partial charge in [-0.3, -0.25) is 5.32 Å². The number of ether oxygens (including phenoxy) is 2. The first-order chi connectivity index (χ1) is 12.3. The Morgan fingerprint density at radius 2 is 1.96 bits per heavy atom. The number of benzene rings is 2. The van der Waals surface area contributed by atoms with E-state index in [2.05, 4.69) is 9.88 Å². The maximum absolute atomic E-state index is 12.0. The molecule has 0 unspecified atom stereocenters. The van der Waals surface area contributed by atoms with Crippen molar-refractivity contribution < 1.29 is 14.3 Å². The molecule has 5 nitrogen and oxygen atoms in total. The van der Waals surface area contributed by atoms with Crippen LogP contribution >= 0.6 is 0 Å². The van der Waals surface area contributed by atoms with Gasteiger partial charge in [-0.25, -0.2) is 4.79 Å². The van der Waals surface area contributed by atoms with Crippen LogP contribution in [-0.4, -0.2) is 10.7 Å². The van der Waals surface area contributed by atoms with Gasteiger partial charge < -0.3 is 14.0 Å². The van der Waals surface area contributed by atoms with Crippen LogP contribution in [0.15, 0.2) is 66.9 Å². The average molecular weight is 334 g/mol. The Hall–Kier alpha value is -3.05. The van der Waals surface area contributed by atoms with Crippen LogP contribution in [0.3, 0.4) is 0 Å². The van der Waals surface area contributed by atoms with Gasteiger partial charge in [0.2, 0.25) is 0 Å². The number of hydrogen-bond acceptors (Lipinski definition) is 3. The monoisotopic (exact) mass is 334 g/mol. The first-order valence-corrected chi connectivity index (χ1v) is 8.14. The number of amides is 1. The summed E-state index contributed by atoms with van der Waals surface area (Å²) in [5.41, 5.74) is 4.85. The summed E-state index contributed by atoms with van der Waals surface area (Å²) in [4.78, 5) is 12.0. The molecule has 1 aliphatic rings. The Bertz CT molecular complexity index is 887. The highest BCUT2D eigenvalue weighted by molar-refractivity contribution is 5.85. The van der Waals surface area contributed by atoms with E-state index in [0.29, 0.717) is 18.9 Å². The van der Waals surface area contributed by atoms with Gasteiger partial charge in [-0.05, 0) is 35.9 Å². The SMILES string of the molecule is O=C(Nc1ccc2c(c1)COCc1cccn1-2)OCc1ccccc1. The lowest BCUT2D eigenvalue weighted by molar-refractivity contribution is 0.108. The van der Waals surface area contributed by atoms with Crippen LogP contribution in [0.1, 0.15) is 16.8 Å². The van der Waals surface area contributed by atoms with Crippen molar-refractivity contribution in [2.24, 2.45) is 0 Å². The summed E-state index contributed by atoms with van der Waals surface area (Å²) in [5.74, 6) is 0. The Balaban J connectivity index is 1.46. The maximum Gasteiger partial charge on any atom is 0.411 e. The van der Waals surface area contributed by atoms with Crippen molar-refractivity contribution in [1.82, 2.24) is 4.57 Å². The summed E-state index contributed by atoms with van der Waals surface area (Å²) in [7, 11) is 0. The molecule has 0 saturated heterocycles. The molecule has 4 rings (SSSR count). The van der Waals surface area contributed by atoms with E-state index in [9.17, 15) is 4.79 Å². The molecule has 0 radical (unpaired) electrons. The van der Waals surface area contributed by atoms with Crippen molar-refractivity contribution in [3.63, 3.8) is 0 Å². The van der Waals surface area contributed by atoms with Crippen molar-refractivity contribution in [1.29, 1.82) is 0 Å². The van der Waals surface area contributed by atoms with Crippen LogP contribution < -0.4 is 5.32 Å². The molecule has 2 heterocycles. The van der Waals surface area contributed by atoms with E-state index in [0.717, 1.165) is 22.5 Å². The van der Waals surface area contributed by atoms with Crippen molar-refractivity contribution in [2.75, 3.05) is 5.32 Å². The van der Waals surface area contributed by atoms with Gasteiger partial charge >= 0.3 is 6.09 Å². The number of rotatable bonds is 3. The Morgan fingerprint density at radius 1 is 1.08 bits per heavy atom. The second kappa shape index (κ2) is 6.83. The van der Waals surface area contributed by atoms with Gasteiger partial charge in [-0.2, -0.15) is 0 Å². The van der Waals surface area contributed by atoms with Gasteiger partial charge in [0.25, 0.3) is 0 Å². The van der Waals surface area contributed by atoms with Crippen molar-refractivity contribution in [2.45, 2.75) is 19.8 Å². The Morgan fingerprint density at radius 3 is 2.84 bits per heavy atom. The third-order valence-electron chi connectivity index (χ3n) is 4.14. The van der Waals surface area contributed by atoms with Crippen LogP contribution in [0.4, 0.5) is 10.5 Å². The zero-order valence-corrected chi connectivity index (χ0v) is 13.6. The molecular formula is C20H18N2O3. The summed E-state index contributed by atoms with van der Waals surface area (Å²) >= 11 is 0. The largest absolute Gasteiger partial charge is 0.444 e. The van der Waals surface area contributed by atoms with Crippen LogP contribution in [0.5, 0.6) is 0 Å². The fourth-order valence-electron chi connectivity index (χ4n) is 2.93. The maximum atomic E-state index is 12.0. The van der Waals surface area contributed by atoms with Gasteiger partial charge in [0.15, 0.2) is 0 Å². The minimum atomic E-state index is -0.472. The molecule has 0 aliphatic carbocycles. The van der Waals surface area contributed by atoms with E-state index in [1.807, 2.05) is 66.9 Å². The molecule has 0 spiro atoms. The molecule has 1 amide bonds. The van der Waals surface area contributed by atoms with Crippen molar-refractivity contribution in [3.05, 3.63) is 83.7 Å². The minimum absolute atomic E-state index is 0.244. The summed E-state index contributed by atoms with van der Waals surface area (Å²) in [6.45, 7) is 1.32. The van der Waals surface area contributed by atoms with Crippen molar-refractivity contribution in [3.8, 4) is 5.69 Å². The van der Waals surface area contributed by atoms with Gasteiger partial charge in [-0.1, -0.05) is 30.3 Å². The number of aromatic nitrogens is 1. The van der Waals surface area contributed by atoms with Gasteiger partial charge in [-0.15, -0.1) is 0 Å². The second-order valence-corrected chi connectivity index (χ2v) is 5.89. The third-order valence-corrected chi connectivity index (χ3v) is 4.14. The molecule has 1 N–H and O–H groups in total. The van der Waals surface area contributed by atoms with E-state index in [4.69, 9.17) is 9.47 Å². The fraction of sp³-hybridized carbons (Fsp3) is 0.150. The predicted molar refractivity (Wildman–Crippen MR) is 94.5 cm³/mol. The van der Waals surface area contributed by atoms with Crippen molar-refractivity contribution >= 4 is 11.8 Å². The molecule has 2 aromatic carbocycles. The Kier molecular flexibility index (Phi) is 4.23. The van der Waals surface area contributed by atoms with Crippen LogP contribution in [0.25, 0.3) is 5.69 Å². The molecule has 1 aliphatic heterocycles. The minimum Gasteiger partial charge on any atom is -0.444 e. The van der Waals surface area contributed by atoms with Crippen LogP contribution in [0.2, 0.25) is 0 Å². The van der Waals surface area contributed by atoms with Gasteiger partial charge in [0.05, 0.1) is 18.9 Å². The molecule has 126 valence electrons. The molecule has 25 heavy (non-hydrogen) atoms. The highest BCUT2D eigenvalue weighted by Gasteiger charge is 2.14. The quantitative estimate of drug-likeness (QED) is 0.779. The van der Waals surface area contributed by atoms with Gasteiger partial charge in [0.1, 0.15) is 6.61 Å². The molecule has 1 aromatic heterocycles. The molecule has 3 aromatic rings. The number of carbonyl (C=O) groups is 1. The normalized spacial score (nSPS) is 12.6. The standard InChI is InChI=1S/C20H18N2O3/c23-20(25-12-15-5-2-1-3-6-15)21-17-8-9-19-16(11-17)13-24-14-18-7-4-10-22(18)19/h1-11H,12-14H2,(H,21,23). The van der Waals surface area contributed by atoms with E-state index < -0.39 is 6.09 Å². The lowest BCUT2D eigenvalue weighted by atomic mass is 10.1. The number of nitrogens with one attached hydrogen (secondary N) is 1. The second-order valence-electron chi connectivity index (χ2n) is 5.89. The molecule has 0 saturated carbocycles. The fourth-order valence-corrected chi connectivity index (χ4v) is 2.93. The van der Waals surface area contributed by atoms with E-state index in [1.165, 1.54) is 0 Å². The number of nitrogens with zero attached hydrogens (tertiary/aromatic N) is 1. The highest BCUT2D eigenvalue weighted by Crippen LogP contribution is 2.26. The molecule has 0 atom stereocenters. The number of hydrogen-bond donors (Lipinski definition) is 1. The zero-order chi connectivity index (χ0) is 17.1. The molecular weight excluding hydrogens is 316 g/mol. The van der Waals surface area contributed by atoms with E-state index in [-0.39, 0.29) is 6.61 Å². The average Bonchev–Trinajstić information content (AvgIpc) is 3.03. The molecule has 0 bridgehead atoms. The highest BCUT2D eigenvalue weighted by atomic mass is 16.5. The first-order valence-electron chi connectivity index (χ1n) is 8.14. The first kappa shape index (κ1) is 15.5. The number of carbonyl (C=O) groups excluding carboxylic acids is 1. The predicted octanol–water partition coefficient (Wildman–Crippen LogP) is 4.26. The summed E-state index contributed by atoms with van der Waals surface area (Å²) in [6, 6.07) is 19.4. The smallest absolute Gasteiger partial charge is 0.411 e. The van der Waals surface area contributed by atoms with Gasteiger partial charge in [0, 0.05) is 23.1 Å². The topological polar surface area (TPSA) is 52.5 Å². The van der Waals surface area contributed by atoms with Crippen LogP contribution in [-0.2, 0) is 29.3 Å². The molecule has 0 fully saturated rings. The zero-order valence-electron chi connectivity index (χ0n) is 13.6. The summed E-state index contributed by atoms with van der Waals surface area (Å²) in [5, 5.41) is 2.77. The summed E-state index contributed by atoms with van der Waals surface area (Å²) < 4.78 is 13.1. The lowest BCUT2D eigenvalue weighted by Crippen LogP contribution is -2.14. The number of fused-ring (bicyclic) bond motifs is 3.